The Bertz CT molecular complexity index is 262. The van der Waals surface area contributed by atoms with Gasteiger partial charge in [-0.15, -0.1) is 0 Å². The number of esters is 2. The Morgan fingerprint density at radius 2 is 1.12 bits per heavy atom. The zero-order chi connectivity index (χ0) is 12.6. The lowest BCUT2D eigenvalue weighted by Crippen LogP contribution is -2.09. The van der Waals surface area contributed by atoms with Crippen molar-refractivity contribution in [1.82, 2.24) is 0 Å². The lowest BCUT2D eigenvalue weighted by molar-refractivity contribution is -0.140. The van der Waals surface area contributed by atoms with E-state index in [1.54, 1.807) is 0 Å². The van der Waals surface area contributed by atoms with Crippen LogP contribution in [0.4, 0.5) is 0 Å². The third-order valence-electron chi connectivity index (χ3n) is 1.23. The molecule has 0 aromatic carbocycles. The van der Waals surface area contributed by atoms with Gasteiger partial charge in [-0.25, -0.2) is 0 Å². The quantitative estimate of drug-likeness (QED) is 0.247. The molecule has 0 aliphatic carbocycles. The lowest BCUT2D eigenvalue weighted by Gasteiger charge is -2.06. The summed E-state index contributed by atoms with van der Waals surface area (Å²) in [5.41, 5.74) is 0. The Morgan fingerprint density at radius 3 is 1.38 bits per heavy atom. The summed E-state index contributed by atoms with van der Waals surface area (Å²) in [5, 5.41) is 0. The van der Waals surface area contributed by atoms with Crippen LogP contribution in [0.1, 0.15) is 0 Å². The number of ether oxygens (including phenoxy) is 2. The van der Waals surface area contributed by atoms with Gasteiger partial charge in [-0.2, -0.15) is 0 Å². The predicted molar refractivity (Wildman–Crippen MR) is 94.8 cm³/mol. The van der Waals surface area contributed by atoms with Gasteiger partial charge in [-0.1, -0.05) is 45.2 Å². The molecule has 0 bridgehead atoms. The van der Waals surface area contributed by atoms with E-state index in [1.807, 2.05) is 45.2 Å². The summed E-state index contributed by atoms with van der Waals surface area (Å²) in [7, 11) is 0. The van der Waals surface area contributed by atoms with Crippen LogP contribution >= 0.6 is 90.4 Å². The smallest absolute Gasteiger partial charge is 0.316 e. The van der Waals surface area contributed by atoms with Crippen LogP contribution in [0.15, 0.2) is 7.16 Å². The average Bonchev–Trinajstić information content (AvgIpc) is 2.31. The fourth-order valence-corrected chi connectivity index (χ4v) is 1.58. The first-order valence-electron chi connectivity index (χ1n) is 3.97. The van der Waals surface area contributed by atoms with E-state index < -0.39 is 0 Å². The molecular weight excluding hydrogens is 668 g/mol. The second-order valence-corrected chi connectivity index (χ2v) is 6.53. The Kier molecular flexibility index (Phi) is 11.6. The van der Waals surface area contributed by atoms with Crippen molar-refractivity contribution in [2.45, 2.75) is 0 Å². The van der Waals surface area contributed by atoms with Crippen molar-refractivity contribution in [2.75, 3.05) is 22.1 Å². The van der Waals surface area contributed by atoms with Crippen molar-refractivity contribution in [1.29, 1.82) is 0 Å². The summed E-state index contributed by atoms with van der Waals surface area (Å²) in [4.78, 5) is 21.8. The van der Waals surface area contributed by atoms with Gasteiger partial charge in [-0.3, -0.25) is 9.59 Å². The Balaban J connectivity index is 4.04. The minimum absolute atomic E-state index is 0.239. The van der Waals surface area contributed by atoms with Gasteiger partial charge in [0.15, 0.2) is 0 Å². The van der Waals surface area contributed by atoms with Crippen LogP contribution in [0.2, 0.25) is 0 Å². The molecule has 0 atom stereocenters. The largest absolute Gasteiger partial charge is 0.460 e. The standard InChI is InChI=1S/C8H8I4O4/c9-1-7(13)15-3-5(11)6(12)4-16-8(14)2-10/h1-4H2/b6-5+. The molecule has 0 aliphatic heterocycles. The van der Waals surface area contributed by atoms with Crippen molar-refractivity contribution >= 4 is 102 Å². The highest BCUT2D eigenvalue weighted by Crippen LogP contribution is 2.20. The summed E-state index contributed by atoms with van der Waals surface area (Å²) in [5.74, 6) is -0.494. The van der Waals surface area contributed by atoms with Crippen LogP contribution in [-0.4, -0.2) is 34.0 Å². The molecule has 0 aliphatic rings. The highest BCUT2D eigenvalue weighted by molar-refractivity contribution is 14.1. The molecule has 4 nitrogen and oxygen atoms in total. The lowest BCUT2D eigenvalue weighted by atomic mass is 10.5. The summed E-state index contributed by atoms with van der Waals surface area (Å²) in [6.07, 6.45) is 0. The van der Waals surface area contributed by atoms with E-state index in [0.29, 0.717) is 8.86 Å². The van der Waals surface area contributed by atoms with Gasteiger partial charge in [0.25, 0.3) is 0 Å². The monoisotopic (exact) mass is 676 g/mol. The van der Waals surface area contributed by atoms with Gasteiger partial charge >= 0.3 is 11.9 Å². The molecule has 0 fully saturated rings. The molecule has 0 amide bonds. The molecule has 8 heteroatoms. The highest BCUT2D eigenvalue weighted by Gasteiger charge is 2.07. The zero-order valence-electron chi connectivity index (χ0n) is 7.97. The molecule has 0 N–H and O–H groups in total. The number of rotatable bonds is 6. The number of hydrogen-bond acceptors (Lipinski definition) is 4. The molecule has 0 aromatic heterocycles. The van der Waals surface area contributed by atoms with Crippen LogP contribution < -0.4 is 0 Å². The second-order valence-electron chi connectivity index (χ2n) is 2.40. The number of carbonyl (C=O) groups is 2. The van der Waals surface area contributed by atoms with E-state index in [4.69, 9.17) is 9.47 Å². The number of halogens is 4. The SMILES string of the molecule is O=C(CI)OC/C(I)=C(\I)COC(=O)CI. The maximum absolute atomic E-state index is 10.9. The molecule has 0 spiro atoms. The first kappa shape index (κ1) is 17.6. The second kappa shape index (κ2) is 10.5. The molecule has 0 rings (SSSR count). The average molecular weight is 676 g/mol. The number of hydrogen-bond donors (Lipinski definition) is 0. The molecule has 92 valence electrons. The number of alkyl halides is 2. The maximum atomic E-state index is 10.9. The predicted octanol–water partition coefficient (Wildman–Crippen LogP) is 3.02. The molecule has 0 radical (unpaired) electrons. The van der Waals surface area contributed by atoms with Crippen molar-refractivity contribution in [2.24, 2.45) is 0 Å². The van der Waals surface area contributed by atoms with E-state index in [1.165, 1.54) is 0 Å². The summed E-state index contributed by atoms with van der Waals surface area (Å²) in [6, 6.07) is 0. The van der Waals surface area contributed by atoms with E-state index in [9.17, 15) is 9.59 Å². The van der Waals surface area contributed by atoms with Crippen LogP contribution in [-0.2, 0) is 19.1 Å². The van der Waals surface area contributed by atoms with Crippen LogP contribution in [0.25, 0.3) is 0 Å². The first-order valence-corrected chi connectivity index (χ1v) is 9.18. The van der Waals surface area contributed by atoms with Gasteiger partial charge in [-0.05, 0) is 45.2 Å². The highest BCUT2D eigenvalue weighted by atomic mass is 127. The molecule has 0 unspecified atom stereocenters. The maximum Gasteiger partial charge on any atom is 0.316 e. The molecule has 0 aromatic rings. The van der Waals surface area contributed by atoms with Gasteiger partial charge in [0.05, 0.1) is 8.86 Å². The van der Waals surface area contributed by atoms with E-state index in [-0.39, 0.29) is 25.2 Å². The van der Waals surface area contributed by atoms with E-state index in [0.717, 1.165) is 7.16 Å². The van der Waals surface area contributed by atoms with Crippen molar-refractivity contribution in [3.8, 4) is 0 Å². The summed E-state index contributed by atoms with van der Waals surface area (Å²) >= 11 is 8.04. The fourth-order valence-electron chi connectivity index (χ4n) is 0.521. The Labute approximate surface area is 148 Å². The Morgan fingerprint density at radius 1 is 0.812 bits per heavy atom. The van der Waals surface area contributed by atoms with Crippen LogP contribution in [0, 0.1) is 0 Å². The molecule has 0 saturated heterocycles. The fraction of sp³-hybridized carbons (Fsp3) is 0.500. The van der Waals surface area contributed by atoms with E-state index in [2.05, 4.69) is 45.2 Å². The number of carbonyl (C=O) groups excluding carboxylic acids is 2. The normalized spacial score (nSPS) is 11.8. The molecule has 16 heavy (non-hydrogen) atoms. The third-order valence-corrected chi connectivity index (χ3v) is 5.43. The van der Waals surface area contributed by atoms with Gasteiger partial charge in [0.2, 0.25) is 0 Å². The minimum Gasteiger partial charge on any atom is -0.460 e. The van der Waals surface area contributed by atoms with Crippen molar-refractivity contribution in [3.05, 3.63) is 7.16 Å². The Hall–Kier alpha value is 1.60. The first-order chi connectivity index (χ1) is 7.51. The van der Waals surface area contributed by atoms with Gasteiger partial charge in [0, 0.05) is 7.16 Å². The zero-order valence-corrected chi connectivity index (χ0v) is 16.6. The van der Waals surface area contributed by atoms with E-state index >= 15 is 0 Å². The molecule has 0 heterocycles. The molecule has 0 saturated carbocycles. The van der Waals surface area contributed by atoms with Crippen molar-refractivity contribution in [3.63, 3.8) is 0 Å². The van der Waals surface area contributed by atoms with Gasteiger partial charge in [0.1, 0.15) is 13.2 Å². The van der Waals surface area contributed by atoms with Crippen LogP contribution in [0.3, 0.4) is 0 Å². The van der Waals surface area contributed by atoms with Gasteiger partial charge < -0.3 is 9.47 Å². The summed E-state index contributed by atoms with van der Waals surface area (Å²) < 4.78 is 12.3. The topological polar surface area (TPSA) is 52.6 Å². The molecular formula is C8H8I4O4. The minimum atomic E-state index is -0.247. The third kappa shape index (κ3) is 8.66. The van der Waals surface area contributed by atoms with Crippen molar-refractivity contribution < 1.29 is 19.1 Å². The van der Waals surface area contributed by atoms with Crippen LogP contribution in [0.5, 0.6) is 0 Å². The summed E-state index contributed by atoms with van der Waals surface area (Å²) in [6.45, 7) is 0.477.